The van der Waals surface area contributed by atoms with E-state index < -0.39 is 5.60 Å². The van der Waals surface area contributed by atoms with Crippen LogP contribution < -0.4 is 10.6 Å². The molecular weight excluding hydrogens is 214 g/mol. The van der Waals surface area contributed by atoms with Crippen LogP contribution in [0.2, 0.25) is 0 Å². The van der Waals surface area contributed by atoms with Gasteiger partial charge in [0.1, 0.15) is 11.6 Å². The van der Waals surface area contributed by atoms with Crippen molar-refractivity contribution in [2.75, 3.05) is 23.7 Å². The van der Waals surface area contributed by atoms with Crippen molar-refractivity contribution in [1.29, 1.82) is 0 Å². The third kappa shape index (κ3) is 5.04. The number of pyridine rings is 1. The molecule has 1 aromatic heterocycles. The number of nitrogens with one attached hydrogen (secondary N) is 2. The van der Waals surface area contributed by atoms with Gasteiger partial charge in [-0.2, -0.15) is 0 Å². The van der Waals surface area contributed by atoms with Gasteiger partial charge in [-0.1, -0.05) is 19.4 Å². The van der Waals surface area contributed by atoms with Crippen molar-refractivity contribution in [3.63, 3.8) is 0 Å². The second-order valence-corrected chi connectivity index (χ2v) is 4.54. The lowest BCUT2D eigenvalue weighted by Crippen LogP contribution is -2.33. The molecule has 0 spiro atoms. The molecule has 1 heterocycles. The first-order chi connectivity index (χ1) is 8.07. The molecule has 1 aromatic rings. The normalized spacial score (nSPS) is 14.1. The first-order valence-electron chi connectivity index (χ1n) is 6.24. The smallest absolute Gasteiger partial charge is 0.128 e. The van der Waals surface area contributed by atoms with Crippen molar-refractivity contribution in [3.8, 4) is 0 Å². The molecule has 1 rings (SSSR count). The lowest BCUT2D eigenvalue weighted by molar-refractivity contribution is 0.0636. The molecule has 0 amide bonds. The minimum Gasteiger partial charge on any atom is -0.388 e. The van der Waals surface area contributed by atoms with Gasteiger partial charge in [-0.05, 0) is 32.4 Å². The first-order valence-corrected chi connectivity index (χ1v) is 6.24. The Kier molecular flexibility index (Phi) is 5.22. The SMILES string of the molecule is CCCC(C)(O)CNc1cccc(NCC)n1. The van der Waals surface area contributed by atoms with Crippen molar-refractivity contribution in [2.45, 2.75) is 39.2 Å². The van der Waals surface area contributed by atoms with E-state index in [0.29, 0.717) is 6.54 Å². The Bertz CT molecular complexity index is 339. The zero-order valence-electron chi connectivity index (χ0n) is 11.0. The lowest BCUT2D eigenvalue weighted by atomic mass is 10.0. The number of nitrogens with zero attached hydrogens (tertiary/aromatic N) is 1. The highest BCUT2D eigenvalue weighted by Gasteiger charge is 2.18. The topological polar surface area (TPSA) is 57.2 Å². The van der Waals surface area contributed by atoms with Gasteiger partial charge in [0, 0.05) is 13.1 Å². The van der Waals surface area contributed by atoms with E-state index in [1.807, 2.05) is 32.0 Å². The van der Waals surface area contributed by atoms with Gasteiger partial charge >= 0.3 is 0 Å². The molecule has 4 nitrogen and oxygen atoms in total. The van der Waals surface area contributed by atoms with Crippen molar-refractivity contribution >= 4 is 11.6 Å². The van der Waals surface area contributed by atoms with E-state index in [4.69, 9.17) is 0 Å². The van der Waals surface area contributed by atoms with Crippen LogP contribution in [0.15, 0.2) is 18.2 Å². The zero-order valence-corrected chi connectivity index (χ0v) is 11.0. The van der Waals surface area contributed by atoms with Crippen LogP contribution in [0, 0.1) is 0 Å². The van der Waals surface area contributed by atoms with E-state index in [1.165, 1.54) is 0 Å². The molecule has 0 aromatic carbocycles. The minimum absolute atomic E-state index is 0.517. The van der Waals surface area contributed by atoms with Crippen molar-refractivity contribution < 1.29 is 5.11 Å². The Morgan fingerprint density at radius 1 is 1.24 bits per heavy atom. The summed E-state index contributed by atoms with van der Waals surface area (Å²) in [6.45, 7) is 7.32. The average Bonchev–Trinajstić information content (AvgIpc) is 2.28. The van der Waals surface area contributed by atoms with Crippen LogP contribution in [-0.2, 0) is 0 Å². The second kappa shape index (κ2) is 6.45. The second-order valence-electron chi connectivity index (χ2n) is 4.54. The number of anilines is 2. The van der Waals surface area contributed by atoms with Gasteiger partial charge < -0.3 is 15.7 Å². The molecule has 0 aliphatic carbocycles. The van der Waals surface area contributed by atoms with Crippen LogP contribution in [0.3, 0.4) is 0 Å². The molecule has 0 saturated heterocycles. The Morgan fingerprint density at radius 3 is 2.47 bits per heavy atom. The molecule has 4 heteroatoms. The van der Waals surface area contributed by atoms with Gasteiger partial charge in [-0.25, -0.2) is 4.98 Å². The fourth-order valence-corrected chi connectivity index (χ4v) is 1.72. The summed E-state index contributed by atoms with van der Waals surface area (Å²) in [7, 11) is 0. The van der Waals surface area contributed by atoms with Crippen molar-refractivity contribution in [1.82, 2.24) is 4.98 Å². The predicted molar refractivity (Wildman–Crippen MR) is 72.4 cm³/mol. The maximum atomic E-state index is 10.0. The van der Waals surface area contributed by atoms with Crippen molar-refractivity contribution in [2.24, 2.45) is 0 Å². The Labute approximate surface area is 103 Å². The first kappa shape index (κ1) is 13.8. The molecule has 0 aliphatic heterocycles. The molecule has 0 aliphatic rings. The third-order valence-corrected chi connectivity index (χ3v) is 2.55. The predicted octanol–water partition coefficient (Wildman–Crippen LogP) is 2.48. The highest BCUT2D eigenvalue weighted by molar-refractivity contribution is 5.45. The standard InChI is InChI=1S/C13H23N3O/c1-4-9-13(3,17)10-15-12-8-6-7-11(16-12)14-5-2/h6-8,17H,4-5,9-10H2,1-3H3,(H2,14,15,16). The molecule has 1 unspecified atom stereocenters. The summed E-state index contributed by atoms with van der Waals surface area (Å²) in [5, 5.41) is 16.4. The third-order valence-electron chi connectivity index (χ3n) is 2.55. The van der Waals surface area contributed by atoms with Crippen LogP contribution >= 0.6 is 0 Å². The molecular formula is C13H23N3O. The molecule has 96 valence electrons. The summed E-state index contributed by atoms with van der Waals surface area (Å²) in [5.74, 6) is 1.65. The van der Waals surface area contributed by atoms with Crippen molar-refractivity contribution in [3.05, 3.63) is 18.2 Å². The van der Waals surface area contributed by atoms with Gasteiger partial charge in [0.2, 0.25) is 0 Å². The fraction of sp³-hybridized carbons (Fsp3) is 0.615. The van der Waals surface area contributed by atoms with E-state index in [2.05, 4.69) is 22.5 Å². The summed E-state index contributed by atoms with van der Waals surface area (Å²) in [6, 6.07) is 5.78. The average molecular weight is 237 g/mol. The highest BCUT2D eigenvalue weighted by atomic mass is 16.3. The van der Waals surface area contributed by atoms with E-state index in [1.54, 1.807) is 0 Å². The van der Waals surface area contributed by atoms with E-state index in [9.17, 15) is 5.11 Å². The number of aliphatic hydroxyl groups is 1. The minimum atomic E-state index is -0.676. The van der Waals surface area contributed by atoms with E-state index >= 15 is 0 Å². The molecule has 0 fully saturated rings. The van der Waals surface area contributed by atoms with E-state index in [-0.39, 0.29) is 0 Å². The Balaban J connectivity index is 2.53. The molecule has 0 bridgehead atoms. The summed E-state index contributed by atoms with van der Waals surface area (Å²) < 4.78 is 0. The maximum Gasteiger partial charge on any atom is 0.128 e. The quantitative estimate of drug-likeness (QED) is 0.682. The van der Waals surface area contributed by atoms with Gasteiger partial charge in [0.15, 0.2) is 0 Å². The van der Waals surface area contributed by atoms with Gasteiger partial charge in [-0.3, -0.25) is 0 Å². The molecule has 3 N–H and O–H groups in total. The fourth-order valence-electron chi connectivity index (χ4n) is 1.72. The van der Waals surface area contributed by atoms with Crippen LogP contribution in [0.4, 0.5) is 11.6 Å². The Morgan fingerprint density at radius 2 is 1.88 bits per heavy atom. The number of hydrogen-bond acceptors (Lipinski definition) is 4. The summed E-state index contributed by atoms with van der Waals surface area (Å²) >= 11 is 0. The lowest BCUT2D eigenvalue weighted by Gasteiger charge is -2.23. The van der Waals surface area contributed by atoms with Crippen LogP contribution in [0.5, 0.6) is 0 Å². The molecule has 1 atom stereocenters. The number of rotatable bonds is 7. The largest absolute Gasteiger partial charge is 0.388 e. The monoisotopic (exact) mass is 237 g/mol. The summed E-state index contributed by atoms with van der Waals surface area (Å²) in [4.78, 5) is 4.39. The van der Waals surface area contributed by atoms with Gasteiger partial charge in [-0.15, -0.1) is 0 Å². The Hall–Kier alpha value is -1.29. The summed E-state index contributed by atoms with van der Waals surface area (Å²) in [6.07, 6.45) is 1.76. The van der Waals surface area contributed by atoms with Crippen LogP contribution in [0.1, 0.15) is 33.6 Å². The van der Waals surface area contributed by atoms with Gasteiger partial charge in [0.25, 0.3) is 0 Å². The number of aromatic nitrogens is 1. The highest BCUT2D eigenvalue weighted by Crippen LogP contribution is 2.14. The molecule has 0 radical (unpaired) electrons. The van der Waals surface area contributed by atoms with Gasteiger partial charge in [0.05, 0.1) is 5.60 Å². The van der Waals surface area contributed by atoms with E-state index in [0.717, 1.165) is 31.0 Å². The maximum absolute atomic E-state index is 10.0. The number of hydrogen-bond donors (Lipinski definition) is 3. The molecule has 0 saturated carbocycles. The molecule has 17 heavy (non-hydrogen) atoms. The zero-order chi connectivity index (χ0) is 12.7. The summed E-state index contributed by atoms with van der Waals surface area (Å²) in [5.41, 5.74) is -0.676. The van der Waals surface area contributed by atoms with Crippen LogP contribution in [-0.4, -0.2) is 28.8 Å². The van der Waals surface area contributed by atoms with Crippen LogP contribution in [0.25, 0.3) is 0 Å².